The molecule has 5 heteroatoms. The number of carbonyl (C=O) groups excluding carboxylic acids is 1. The molecule has 0 radical (unpaired) electrons. The minimum atomic E-state index is -0.173. The average Bonchev–Trinajstić information content (AvgIpc) is 2.97. The van der Waals surface area contributed by atoms with Crippen LogP contribution in [0.3, 0.4) is 0 Å². The van der Waals surface area contributed by atoms with Crippen LogP contribution in [0.4, 0.5) is 11.5 Å². The summed E-state index contributed by atoms with van der Waals surface area (Å²) < 4.78 is 4.65. The number of anilines is 2. The summed E-state index contributed by atoms with van der Waals surface area (Å²) in [5, 5.41) is 9.55. The van der Waals surface area contributed by atoms with Crippen molar-refractivity contribution in [2.75, 3.05) is 17.2 Å². The van der Waals surface area contributed by atoms with E-state index in [1.54, 1.807) is 12.1 Å². The number of nitrogens with zero attached hydrogens (tertiary/aromatic N) is 1. The van der Waals surface area contributed by atoms with Gasteiger partial charge in [0.1, 0.15) is 6.26 Å². The highest BCUT2D eigenvalue weighted by Crippen LogP contribution is 2.23. The molecule has 3 rings (SSSR count). The Labute approximate surface area is 97.8 Å². The lowest BCUT2D eigenvalue weighted by molar-refractivity contribution is 0.102. The van der Waals surface area contributed by atoms with Gasteiger partial charge in [-0.15, -0.1) is 0 Å². The van der Waals surface area contributed by atoms with E-state index in [1.807, 2.05) is 12.1 Å². The van der Waals surface area contributed by atoms with Crippen LogP contribution in [0.25, 0.3) is 0 Å². The van der Waals surface area contributed by atoms with Gasteiger partial charge in [0.2, 0.25) is 0 Å². The van der Waals surface area contributed by atoms with Crippen LogP contribution in [0.5, 0.6) is 0 Å². The zero-order valence-electron chi connectivity index (χ0n) is 9.06. The largest absolute Gasteiger partial charge is 0.384 e. The summed E-state index contributed by atoms with van der Waals surface area (Å²) >= 11 is 0. The van der Waals surface area contributed by atoms with E-state index in [4.69, 9.17) is 0 Å². The summed E-state index contributed by atoms with van der Waals surface area (Å²) in [5.74, 6) is 0.252. The molecule has 0 atom stereocenters. The van der Waals surface area contributed by atoms with Crippen LogP contribution in [-0.4, -0.2) is 17.6 Å². The molecule has 1 aromatic heterocycles. The van der Waals surface area contributed by atoms with Gasteiger partial charge >= 0.3 is 0 Å². The number of rotatable bonds is 2. The van der Waals surface area contributed by atoms with E-state index in [0.717, 1.165) is 18.7 Å². The molecule has 0 aliphatic carbocycles. The third-order valence-corrected chi connectivity index (χ3v) is 2.76. The lowest BCUT2D eigenvalue weighted by atomic mass is 10.1. The van der Waals surface area contributed by atoms with Gasteiger partial charge in [0.25, 0.3) is 5.91 Å². The number of nitrogens with one attached hydrogen (secondary N) is 2. The number of benzene rings is 1. The summed E-state index contributed by atoms with van der Waals surface area (Å²) in [6, 6.07) is 7.24. The molecule has 86 valence electrons. The first-order valence-corrected chi connectivity index (χ1v) is 5.41. The highest BCUT2D eigenvalue weighted by Gasteiger charge is 2.13. The molecular weight excluding hydrogens is 218 g/mol. The normalized spacial score (nSPS) is 12.9. The topological polar surface area (TPSA) is 67.2 Å². The van der Waals surface area contributed by atoms with Crippen LogP contribution in [0.2, 0.25) is 0 Å². The summed E-state index contributed by atoms with van der Waals surface area (Å²) in [5.41, 5.74) is 2.93. The van der Waals surface area contributed by atoms with Gasteiger partial charge in [0.05, 0.1) is 0 Å². The smallest absolute Gasteiger partial charge is 0.256 e. The fraction of sp³-hybridized carbons (Fsp3) is 0.167. The number of amides is 1. The van der Waals surface area contributed by atoms with Crippen molar-refractivity contribution in [1.82, 2.24) is 5.16 Å². The van der Waals surface area contributed by atoms with Crippen molar-refractivity contribution in [1.29, 1.82) is 0 Å². The molecule has 0 unspecified atom stereocenters. The third-order valence-electron chi connectivity index (χ3n) is 2.76. The molecule has 0 fully saturated rings. The molecule has 1 aromatic carbocycles. The molecule has 2 heterocycles. The van der Waals surface area contributed by atoms with Gasteiger partial charge in [-0.1, -0.05) is 5.16 Å². The first-order valence-electron chi connectivity index (χ1n) is 5.41. The Morgan fingerprint density at radius 1 is 1.41 bits per heavy atom. The number of aromatic nitrogens is 1. The number of hydrogen-bond donors (Lipinski definition) is 2. The van der Waals surface area contributed by atoms with Crippen LogP contribution in [-0.2, 0) is 6.42 Å². The first kappa shape index (κ1) is 9.89. The summed E-state index contributed by atoms with van der Waals surface area (Å²) in [7, 11) is 0. The molecule has 2 N–H and O–H groups in total. The maximum atomic E-state index is 11.9. The molecule has 0 bridgehead atoms. The molecule has 1 amide bonds. The van der Waals surface area contributed by atoms with Gasteiger partial charge in [-0.25, -0.2) is 0 Å². The zero-order chi connectivity index (χ0) is 11.7. The van der Waals surface area contributed by atoms with Crippen molar-refractivity contribution in [2.24, 2.45) is 0 Å². The molecule has 0 saturated carbocycles. The van der Waals surface area contributed by atoms with Gasteiger partial charge in [0, 0.05) is 23.9 Å². The van der Waals surface area contributed by atoms with E-state index in [-0.39, 0.29) is 5.91 Å². The predicted octanol–water partition coefficient (Wildman–Crippen LogP) is 1.89. The van der Waals surface area contributed by atoms with E-state index >= 15 is 0 Å². The summed E-state index contributed by atoms with van der Waals surface area (Å²) in [6.07, 6.45) is 2.38. The van der Waals surface area contributed by atoms with Crippen LogP contribution in [0.1, 0.15) is 15.9 Å². The highest BCUT2D eigenvalue weighted by atomic mass is 16.5. The average molecular weight is 229 g/mol. The Morgan fingerprint density at radius 2 is 2.35 bits per heavy atom. The van der Waals surface area contributed by atoms with Crippen molar-refractivity contribution in [3.63, 3.8) is 0 Å². The van der Waals surface area contributed by atoms with Crippen molar-refractivity contribution in [3.8, 4) is 0 Å². The van der Waals surface area contributed by atoms with Crippen molar-refractivity contribution >= 4 is 17.4 Å². The first-order chi connectivity index (χ1) is 8.33. The molecule has 5 nitrogen and oxygen atoms in total. The van der Waals surface area contributed by atoms with Crippen LogP contribution >= 0.6 is 0 Å². The standard InChI is InChI=1S/C12H11N3O2/c16-12(14-11-4-6-17-15-11)9-1-2-10-8(7-9)3-5-13-10/h1-2,4,6-7,13H,3,5H2,(H,14,15,16). The van der Waals surface area contributed by atoms with Gasteiger partial charge < -0.3 is 15.2 Å². The number of fused-ring (bicyclic) bond motifs is 1. The maximum Gasteiger partial charge on any atom is 0.256 e. The molecule has 1 aliphatic heterocycles. The minimum absolute atomic E-state index is 0.173. The predicted molar refractivity (Wildman–Crippen MR) is 63.1 cm³/mol. The van der Waals surface area contributed by atoms with Crippen molar-refractivity contribution in [3.05, 3.63) is 41.7 Å². The zero-order valence-corrected chi connectivity index (χ0v) is 9.06. The van der Waals surface area contributed by atoms with Gasteiger partial charge in [0.15, 0.2) is 5.82 Å². The Kier molecular flexibility index (Phi) is 2.29. The van der Waals surface area contributed by atoms with Crippen molar-refractivity contribution < 1.29 is 9.32 Å². The molecule has 0 saturated heterocycles. The Morgan fingerprint density at radius 3 is 3.18 bits per heavy atom. The van der Waals surface area contributed by atoms with Crippen molar-refractivity contribution in [2.45, 2.75) is 6.42 Å². The quantitative estimate of drug-likeness (QED) is 0.825. The minimum Gasteiger partial charge on any atom is -0.384 e. The van der Waals surface area contributed by atoms with Crippen LogP contribution < -0.4 is 10.6 Å². The summed E-state index contributed by atoms with van der Waals surface area (Å²) in [6.45, 7) is 0.934. The van der Waals surface area contributed by atoms with E-state index in [2.05, 4.69) is 20.3 Å². The fourth-order valence-corrected chi connectivity index (χ4v) is 1.91. The van der Waals surface area contributed by atoms with E-state index in [0.29, 0.717) is 11.4 Å². The van der Waals surface area contributed by atoms with Gasteiger partial charge in [-0.2, -0.15) is 0 Å². The molecule has 1 aliphatic rings. The molecule has 17 heavy (non-hydrogen) atoms. The second-order valence-corrected chi connectivity index (χ2v) is 3.89. The SMILES string of the molecule is O=C(Nc1ccon1)c1ccc2c(c1)CCN2. The van der Waals surface area contributed by atoms with Gasteiger partial charge in [-0.3, -0.25) is 4.79 Å². The molecule has 2 aromatic rings. The van der Waals surface area contributed by atoms with E-state index < -0.39 is 0 Å². The summed E-state index contributed by atoms with van der Waals surface area (Å²) in [4.78, 5) is 11.9. The van der Waals surface area contributed by atoms with Gasteiger partial charge in [-0.05, 0) is 30.2 Å². The Bertz CT molecular complexity index is 549. The Balaban J connectivity index is 1.82. The fourth-order valence-electron chi connectivity index (χ4n) is 1.91. The third kappa shape index (κ3) is 1.87. The molecule has 0 spiro atoms. The van der Waals surface area contributed by atoms with Crippen LogP contribution in [0.15, 0.2) is 35.1 Å². The Hall–Kier alpha value is -2.30. The lowest BCUT2D eigenvalue weighted by Crippen LogP contribution is -2.12. The van der Waals surface area contributed by atoms with E-state index in [9.17, 15) is 4.79 Å². The van der Waals surface area contributed by atoms with E-state index in [1.165, 1.54) is 11.8 Å². The van der Waals surface area contributed by atoms with Crippen LogP contribution in [0, 0.1) is 0 Å². The number of carbonyl (C=O) groups is 1. The second-order valence-electron chi connectivity index (χ2n) is 3.89. The molecular formula is C12H11N3O2. The lowest BCUT2D eigenvalue weighted by Gasteiger charge is -2.04. The number of hydrogen-bond acceptors (Lipinski definition) is 4. The monoisotopic (exact) mass is 229 g/mol. The highest BCUT2D eigenvalue weighted by molar-refractivity contribution is 6.04. The second kappa shape index (κ2) is 3.93. The maximum absolute atomic E-state index is 11.9.